The number of anilines is 1. The molecule has 2 heterocycles. The van der Waals surface area contributed by atoms with Gasteiger partial charge < -0.3 is 15.1 Å². The number of carbonyl (C=O) groups is 1. The van der Waals surface area contributed by atoms with Crippen LogP contribution < -0.4 is 5.32 Å². The smallest absolute Gasteiger partial charge is 0.224 e. The van der Waals surface area contributed by atoms with E-state index in [1.807, 2.05) is 30.3 Å². The molecule has 0 unspecified atom stereocenters. The van der Waals surface area contributed by atoms with Crippen LogP contribution in [0.3, 0.4) is 0 Å². The SMILES string of the molecule is C[C@H]1CN(C(CN2CCCCC2)=Nc2ccc(NC(=O)CCc3ccc(Cl)cc3Cl)cc2)CCN1C. The van der Waals surface area contributed by atoms with Crippen molar-refractivity contribution in [2.75, 3.05) is 51.6 Å². The van der Waals surface area contributed by atoms with Gasteiger partial charge in [-0.2, -0.15) is 0 Å². The molecule has 0 aliphatic carbocycles. The molecule has 1 atom stereocenters. The average Bonchev–Trinajstić information content (AvgIpc) is 2.86. The Labute approximate surface area is 225 Å². The molecular formula is C28H37Cl2N5O. The molecule has 0 saturated carbocycles. The summed E-state index contributed by atoms with van der Waals surface area (Å²) < 4.78 is 0. The Morgan fingerprint density at radius 2 is 1.78 bits per heavy atom. The van der Waals surface area contributed by atoms with Crippen molar-refractivity contribution in [3.05, 3.63) is 58.1 Å². The van der Waals surface area contributed by atoms with E-state index in [9.17, 15) is 4.79 Å². The fraction of sp³-hybridized carbons (Fsp3) is 0.500. The van der Waals surface area contributed by atoms with Crippen molar-refractivity contribution in [3.8, 4) is 0 Å². The predicted octanol–water partition coefficient (Wildman–Crippen LogP) is 5.72. The van der Waals surface area contributed by atoms with Gasteiger partial charge in [0, 0.05) is 47.8 Å². The van der Waals surface area contributed by atoms with Crippen LogP contribution in [-0.2, 0) is 11.2 Å². The van der Waals surface area contributed by atoms with Crippen LogP contribution in [0.5, 0.6) is 0 Å². The summed E-state index contributed by atoms with van der Waals surface area (Å²) in [6.07, 6.45) is 4.78. The minimum Gasteiger partial charge on any atom is -0.356 e. The van der Waals surface area contributed by atoms with E-state index in [1.165, 1.54) is 19.3 Å². The topological polar surface area (TPSA) is 51.2 Å². The molecule has 2 aliphatic rings. The van der Waals surface area contributed by atoms with E-state index in [-0.39, 0.29) is 5.91 Å². The Morgan fingerprint density at radius 1 is 1.03 bits per heavy atom. The number of rotatable bonds is 7. The summed E-state index contributed by atoms with van der Waals surface area (Å²) in [4.78, 5) is 25.0. The minimum atomic E-state index is -0.0468. The van der Waals surface area contributed by atoms with Crippen molar-refractivity contribution in [3.63, 3.8) is 0 Å². The third-order valence-electron chi connectivity index (χ3n) is 7.18. The molecule has 4 rings (SSSR count). The molecule has 0 bridgehead atoms. The van der Waals surface area contributed by atoms with E-state index >= 15 is 0 Å². The number of nitrogens with zero attached hydrogens (tertiary/aromatic N) is 4. The molecule has 36 heavy (non-hydrogen) atoms. The van der Waals surface area contributed by atoms with Gasteiger partial charge in [-0.1, -0.05) is 35.7 Å². The van der Waals surface area contributed by atoms with Crippen molar-refractivity contribution in [1.82, 2.24) is 14.7 Å². The monoisotopic (exact) mass is 529 g/mol. The van der Waals surface area contributed by atoms with Crippen LogP contribution >= 0.6 is 23.2 Å². The highest BCUT2D eigenvalue weighted by Crippen LogP contribution is 2.23. The van der Waals surface area contributed by atoms with Gasteiger partial charge in [0.2, 0.25) is 5.91 Å². The van der Waals surface area contributed by atoms with Gasteiger partial charge in [-0.05, 0) is 88.3 Å². The quantitative estimate of drug-likeness (QED) is 0.368. The van der Waals surface area contributed by atoms with Crippen molar-refractivity contribution in [2.45, 2.75) is 45.1 Å². The van der Waals surface area contributed by atoms with Crippen LogP contribution in [-0.4, -0.2) is 78.8 Å². The van der Waals surface area contributed by atoms with Crippen molar-refractivity contribution >= 4 is 46.3 Å². The molecule has 8 heteroatoms. The number of hydrogen-bond donors (Lipinski definition) is 1. The second-order valence-corrected chi connectivity index (χ2v) is 10.8. The van der Waals surface area contributed by atoms with Gasteiger partial charge in [-0.3, -0.25) is 9.69 Å². The molecule has 0 radical (unpaired) electrons. The van der Waals surface area contributed by atoms with E-state index in [1.54, 1.807) is 12.1 Å². The summed E-state index contributed by atoms with van der Waals surface area (Å²) in [5.41, 5.74) is 2.60. The molecule has 194 valence electrons. The molecule has 6 nitrogen and oxygen atoms in total. The van der Waals surface area contributed by atoms with Crippen LogP contribution in [0.15, 0.2) is 47.5 Å². The number of nitrogens with one attached hydrogen (secondary N) is 1. The van der Waals surface area contributed by atoms with Crippen LogP contribution in [0.1, 0.15) is 38.2 Å². The third-order valence-corrected chi connectivity index (χ3v) is 7.77. The summed E-state index contributed by atoms with van der Waals surface area (Å²) in [6.45, 7) is 8.51. The number of likely N-dealkylation sites (tertiary alicyclic amines) is 1. The van der Waals surface area contributed by atoms with Gasteiger partial charge in [0.15, 0.2) is 0 Å². The third kappa shape index (κ3) is 7.69. The number of piperazine rings is 1. The number of amidine groups is 1. The average molecular weight is 531 g/mol. The lowest BCUT2D eigenvalue weighted by Gasteiger charge is -2.40. The molecule has 2 fully saturated rings. The Kier molecular flexibility index (Phi) is 9.66. The maximum Gasteiger partial charge on any atom is 0.224 e. The molecule has 2 saturated heterocycles. The molecule has 0 aromatic heterocycles. The number of carbonyl (C=O) groups excluding carboxylic acids is 1. The highest BCUT2D eigenvalue weighted by molar-refractivity contribution is 6.35. The predicted molar refractivity (Wildman–Crippen MR) is 151 cm³/mol. The number of likely N-dealkylation sites (N-methyl/N-ethyl adjacent to an activating group) is 1. The van der Waals surface area contributed by atoms with Crippen LogP contribution in [0.25, 0.3) is 0 Å². The Morgan fingerprint density at radius 3 is 2.47 bits per heavy atom. The van der Waals surface area contributed by atoms with E-state index in [0.29, 0.717) is 28.9 Å². The van der Waals surface area contributed by atoms with E-state index in [4.69, 9.17) is 28.2 Å². The van der Waals surface area contributed by atoms with E-state index in [2.05, 4.69) is 34.0 Å². The second kappa shape index (κ2) is 12.9. The normalized spacial score (nSPS) is 19.9. The first-order valence-electron chi connectivity index (χ1n) is 13.0. The maximum atomic E-state index is 12.5. The fourth-order valence-electron chi connectivity index (χ4n) is 4.77. The van der Waals surface area contributed by atoms with Crippen LogP contribution in [0.2, 0.25) is 10.0 Å². The Hall–Kier alpha value is -2.12. The Bertz CT molecular complexity index is 1050. The lowest BCUT2D eigenvalue weighted by molar-refractivity contribution is -0.116. The summed E-state index contributed by atoms with van der Waals surface area (Å²) in [7, 11) is 2.19. The summed E-state index contributed by atoms with van der Waals surface area (Å²) in [5.74, 6) is 1.10. The summed E-state index contributed by atoms with van der Waals surface area (Å²) in [5, 5.41) is 4.17. The Balaban J connectivity index is 1.39. The van der Waals surface area contributed by atoms with E-state index < -0.39 is 0 Å². The molecule has 2 aromatic carbocycles. The highest BCUT2D eigenvalue weighted by Gasteiger charge is 2.25. The number of hydrogen-bond acceptors (Lipinski definition) is 4. The highest BCUT2D eigenvalue weighted by atomic mass is 35.5. The molecule has 1 N–H and O–H groups in total. The van der Waals surface area contributed by atoms with E-state index in [0.717, 1.165) is 62.0 Å². The maximum absolute atomic E-state index is 12.5. The molecular weight excluding hydrogens is 493 g/mol. The van der Waals surface area contributed by atoms with Crippen molar-refractivity contribution in [2.24, 2.45) is 4.99 Å². The zero-order chi connectivity index (χ0) is 25.5. The zero-order valence-electron chi connectivity index (χ0n) is 21.4. The molecule has 0 spiro atoms. The number of aryl methyl sites for hydroxylation is 1. The lowest BCUT2D eigenvalue weighted by atomic mass is 10.1. The molecule has 2 aromatic rings. The van der Waals surface area contributed by atoms with Gasteiger partial charge >= 0.3 is 0 Å². The zero-order valence-corrected chi connectivity index (χ0v) is 22.9. The number of aliphatic imine (C=N–C) groups is 1. The van der Waals surface area contributed by atoms with Gasteiger partial charge in [-0.25, -0.2) is 4.99 Å². The first kappa shape index (κ1) is 26.9. The first-order chi connectivity index (χ1) is 17.4. The van der Waals surface area contributed by atoms with Gasteiger partial charge in [0.05, 0.1) is 12.2 Å². The number of benzene rings is 2. The van der Waals surface area contributed by atoms with Gasteiger partial charge in [-0.15, -0.1) is 0 Å². The summed E-state index contributed by atoms with van der Waals surface area (Å²) in [6, 6.07) is 13.7. The standard InChI is InChI=1S/C28H37Cl2N5O/c1-21-19-35(17-16-33(21)2)27(20-34-14-4-3-5-15-34)31-24-9-11-25(12-10-24)32-28(36)13-7-22-6-8-23(29)18-26(22)30/h6,8-12,18,21H,3-5,7,13-17,19-20H2,1-2H3,(H,32,36)/t21-/m0/s1. The number of piperidine rings is 1. The van der Waals surface area contributed by atoms with Gasteiger partial charge in [0.1, 0.15) is 5.84 Å². The number of amides is 1. The van der Waals surface area contributed by atoms with Crippen molar-refractivity contribution < 1.29 is 4.79 Å². The van der Waals surface area contributed by atoms with Crippen LogP contribution in [0.4, 0.5) is 11.4 Å². The fourth-order valence-corrected chi connectivity index (χ4v) is 5.27. The van der Waals surface area contributed by atoms with Crippen molar-refractivity contribution in [1.29, 1.82) is 0 Å². The summed E-state index contributed by atoms with van der Waals surface area (Å²) >= 11 is 12.2. The van der Waals surface area contributed by atoms with Crippen LogP contribution in [0, 0.1) is 0 Å². The molecule has 1 amide bonds. The number of halogens is 2. The minimum absolute atomic E-state index is 0.0468. The largest absolute Gasteiger partial charge is 0.356 e. The lowest BCUT2D eigenvalue weighted by Crippen LogP contribution is -2.54. The van der Waals surface area contributed by atoms with Gasteiger partial charge in [0.25, 0.3) is 0 Å². The molecule has 2 aliphatic heterocycles. The second-order valence-electron chi connectivity index (χ2n) is 9.97. The first-order valence-corrected chi connectivity index (χ1v) is 13.7.